The van der Waals surface area contributed by atoms with E-state index in [2.05, 4.69) is 36.2 Å². The summed E-state index contributed by atoms with van der Waals surface area (Å²) in [6.07, 6.45) is 3.70. The summed E-state index contributed by atoms with van der Waals surface area (Å²) in [5.74, 6) is 0.409. The summed E-state index contributed by atoms with van der Waals surface area (Å²) in [7, 11) is 3.29. The van der Waals surface area contributed by atoms with E-state index in [0.717, 1.165) is 10.1 Å². The number of anilines is 1. The highest BCUT2D eigenvalue weighted by molar-refractivity contribution is 5.37. The molecule has 2 heterocycles. The van der Waals surface area contributed by atoms with Crippen LogP contribution in [0.2, 0.25) is 0 Å². The molecule has 0 radical (unpaired) electrons. The fourth-order valence-electron chi connectivity index (χ4n) is 2.18. The highest BCUT2D eigenvalue weighted by Crippen LogP contribution is 2.34. The Bertz CT molecular complexity index is 716. The van der Waals surface area contributed by atoms with Gasteiger partial charge in [-0.1, -0.05) is 20.8 Å². The average Bonchev–Trinajstić information content (AvgIpc) is 2.77. The van der Waals surface area contributed by atoms with Crippen molar-refractivity contribution in [1.82, 2.24) is 19.3 Å². The SMILES string of the molecule is Cn1cc(C(Nc2cc(=O)n(C)c(=O)[nH]2)C(C)(C)C)cn1. The Morgan fingerprint density at radius 2 is 1.95 bits per heavy atom. The molecule has 0 aliphatic heterocycles. The van der Waals surface area contributed by atoms with Crippen molar-refractivity contribution in [3.63, 3.8) is 0 Å². The van der Waals surface area contributed by atoms with Crippen LogP contribution in [0, 0.1) is 5.41 Å². The van der Waals surface area contributed by atoms with Crippen LogP contribution in [0.5, 0.6) is 0 Å². The van der Waals surface area contributed by atoms with Crippen molar-refractivity contribution in [3.05, 3.63) is 44.9 Å². The highest BCUT2D eigenvalue weighted by Gasteiger charge is 2.27. The first kappa shape index (κ1) is 15.1. The predicted octanol–water partition coefficient (Wildman–Crippen LogP) is 1.01. The molecule has 0 aliphatic rings. The summed E-state index contributed by atoms with van der Waals surface area (Å²) in [5.41, 5.74) is 0.0801. The number of aromatic nitrogens is 4. The zero-order valence-corrected chi connectivity index (χ0v) is 13.0. The molecule has 0 saturated carbocycles. The second-order valence-corrected chi connectivity index (χ2v) is 6.28. The molecule has 7 heteroatoms. The molecule has 0 bridgehead atoms. The number of H-pyrrole nitrogens is 1. The van der Waals surface area contributed by atoms with E-state index in [9.17, 15) is 9.59 Å². The van der Waals surface area contributed by atoms with Gasteiger partial charge in [0.05, 0.1) is 12.2 Å². The average molecular weight is 291 g/mol. The van der Waals surface area contributed by atoms with Crippen LogP contribution in [-0.4, -0.2) is 19.3 Å². The molecule has 2 rings (SSSR count). The van der Waals surface area contributed by atoms with Gasteiger partial charge in [-0.2, -0.15) is 5.10 Å². The third kappa shape index (κ3) is 3.24. The number of rotatable bonds is 3. The van der Waals surface area contributed by atoms with Crippen LogP contribution in [0.3, 0.4) is 0 Å². The highest BCUT2D eigenvalue weighted by atomic mass is 16.2. The summed E-state index contributed by atoms with van der Waals surface area (Å²) in [5, 5.41) is 7.42. The number of hydrogen-bond acceptors (Lipinski definition) is 4. The molecular weight excluding hydrogens is 270 g/mol. The zero-order valence-electron chi connectivity index (χ0n) is 13.0. The van der Waals surface area contributed by atoms with Gasteiger partial charge in [-0.3, -0.25) is 19.0 Å². The molecular formula is C14H21N5O2. The van der Waals surface area contributed by atoms with Crippen LogP contribution in [0.1, 0.15) is 32.4 Å². The smallest absolute Gasteiger partial charge is 0.329 e. The van der Waals surface area contributed by atoms with E-state index in [0.29, 0.717) is 5.82 Å². The molecule has 2 aromatic rings. The van der Waals surface area contributed by atoms with Crippen LogP contribution in [0.4, 0.5) is 5.82 Å². The molecule has 2 N–H and O–H groups in total. The molecule has 114 valence electrons. The minimum atomic E-state index is -0.441. The van der Waals surface area contributed by atoms with E-state index in [1.807, 2.05) is 13.2 Å². The van der Waals surface area contributed by atoms with Crippen molar-refractivity contribution >= 4 is 5.82 Å². The van der Waals surface area contributed by atoms with Crippen molar-refractivity contribution in [2.45, 2.75) is 26.8 Å². The van der Waals surface area contributed by atoms with Crippen molar-refractivity contribution in [1.29, 1.82) is 0 Å². The summed E-state index contributed by atoms with van der Waals surface area (Å²) in [4.78, 5) is 26.1. The maximum absolute atomic E-state index is 11.7. The maximum atomic E-state index is 11.7. The van der Waals surface area contributed by atoms with Crippen LogP contribution in [-0.2, 0) is 14.1 Å². The van der Waals surface area contributed by atoms with Gasteiger partial charge in [0.15, 0.2) is 0 Å². The van der Waals surface area contributed by atoms with Crippen LogP contribution in [0.25, 0.3) is 0 Å². The lowest BCUT2D eigenvalue weighted by atomic mass is 9.83. The second-order valence-electron chi connectivity index (χ2n) is 6.28. The third-order valence-electron chi connectivity index (χ3n) is 3.37. The van der Waals surface area contributed by atoms with Gasteiger partial charge in [-0.15, -0.1) is 0 Å². The fraction of sp³-hybridized carbons (Fsp3) is 0.500. The van der Waals surface area contributed by atoms with Gasteiger partial charge in [-0.05, 0) is 5.41 Å². The Hall–Kier alpha value is -2.31. The summed E-state index contributed by atoms with van der Waals surface area (Å²) >= 11 is 0. The molecule has 0 spiro atoms. The van der Waals surface area contributed by atoms with Gasteiger partial charge >= 0.3 is 5.69 Å². The third-order valence-corrected chi connectivity index (χ3v) is 3.37. The molecule has 1 unspecified atom stereocenters. The maximum Gasteiger partial charge on any atom is 0.329 e. The van der Waals surface area contributed by atoms with Crippen LogP contribution in [0.15, 0.2) is 28.0 Å². The molecule has 0 aromatic carbocycles. The monoisotopic (exact) mass is 291 g/mol. The van der Waals surface area contributed by atoms with Crippen LogP contribution < -0.4 is 16.6 Å². The number of hydrogen-bond donors (Lipinski definition) is 2. The summed E-state index contributed by atoms with van der Waals surface area (Å²) in [6.45, 7) is 6.24. The molecule has 0 amide bonds. The lowest BCUT2D eigenvalue weighted by Crippen LogP contribution is -2.34. The van der Waals surface area contributed by atoms with Crippen molar-refractivity contribution in [2.24, 2.45) is 19.5 Å². The first-order valence-corrected chi connectivity index (χ1v) is 6.74. The van der Waals surface area contributed by atoms with Gasteiger partial charge < -0.3 is 5.32 Å². The first-order chi connectivity index (χ1) is 9.68. The van der Waals surface area contributed by atoms with Crippen LogP contribution >= 0.6 is 0 Å². The summed E-state index contributed by atoms with van der Waals surface area (Å²) in [6, 6.07) is 1.30. The fourth-order valence-corrected chi connectivity index (χ4v) is 2.18. The topological polar surface area (TPSA) is 84.7 Å². The van der Waals surface area contributed by atoms with E-state index in [-0.39, 0.29) is 17.0 Å². The Morgan fingerprint density at radius 3 is 2.43 bits per heavy atom. The van der Waals surface area contributed by atoms with Gasteiger partial charge in [0.2, 0.25) is 0 Å². The Balaban J connectivity index is 2.41. The number of nitrogens with zero attached hydrogens (tertiary/aromatic N) is 3. The number of aromatic amines is 1. The number of aryl methyl sites for hydroxylation is 1. The molecule has 7 nitrogen and oxygen atoms in total. The van der Waals surface area contributed by atoms with Crippen molar-refractivity contribution in [2.75, 3.05) is 5.32 Å². The van der Waals surface area contributed by atoms with E-state index >= 15 is 0 Å². The largest absolute Gasteiger partial charge is 0.364 e. The molecule has 0 fully saturated rings. The molecule has 0 aliphatic carbocycles. The van der Waals surface area contributed by atoms with E-state index in [1.165, 1.54) is 13.1 Å². The lowest BCUT2D eigenvalue weighted by molar-refractivity contribution is 0.346. The Labute approximate surface area is 122 Å². The van der Waals surface area contributed by atoms with E-state index in [4.69, 9.17) is 0 Å². The molecule has 21 heavy (non-hydrogen) atoms. The first-order valence-electron chi connectivity index (χ1n) is 6.74. The van der Waals surface area contributed by atoms with Crippen molar-refractivity contribution in [3.8, 4) is 0 Å². The van der Waals surface area contributed by atoms with E-state index in [1.54, 1.807) is 10.9 Å². The van der Waals surface area contributed by atoms with Gasteiger partial charge in [-0.25, -0.2) is 4.79 Å². The normalized spacial score (nSPS) is 13.2. The van der Waals surface area contributed by atoms with Gasteiger partial charge in [0.1, 0.15) is 5.82 Å². The standard InChI is InChI=1S/C14H21N5O2/c1-14(2,3)12(9-7-15-18(4)8-9)16-10-6-11(20)19(5)13(21)17-10/h6-8,12,16H,1-5H3,(H,17,21). The van der Waals surface area contributed by atoms with Gasteiger partial charge in [0.25, 0.3) is 5.56 Å². The van der Waals surface area contributed by atoms with Crippen molar-refractivity contribution < 1.29 is 0 Å². The number of nitrogens with one attached hydrogen (secondary N) is 2. The van der Waals surface area contributed by atoms with E-state index < -0.39 is 5.69 Å². The molecule has 1 atom stereocenters. The quantitative estimate of drug-likeness (QED) is 0.883. The predicted molar refractivity (Wildman–Crippen MR) is 81.3 cm³/mol. The lowest BCUT2D eigenvalue weighted by Gasteiger charge is -2.31. The Morgan fingerprint density at radius 1 is 1.29 bits per heavy atom. The molecule has 2 aromatic heterocycles. The summed E-state index contributed by atoms with van der Waals surface area (Å²) < 4.78 is 2.75. The minimum absolute atomic E-state index is 0.0889. The molecule has 0 saturated heterocycles. The minimum Gasteiger partial charge on any atom is -0.364 e. The second kappa shape index (κ2) is 5.23. The van der Waals surface area contributed by atoms with Gasteiger partial charge in [0, 0.05) is 31.9 Å². The Kier molecular flexibility index (Phi) is 3.76. The zero-order chi connectivity index (χ0) is 15.8.